The van der Waals surface area contributed by atoms with Crippen molar-refractivity contribution in [1.82, 2.24) is 15.2 Å². The summed E-state index contributed by atoms with van der Waals surface area (Å²) in [4.78, 5) is 30.2. The summed E-state index contributed by atoms with van der Waals surface area (Å²) >= 11 is 0. The Morgan fingerprint density at radius 1 is 1.17 bits per heavy atom. The summed E-state index contributed by atoms with van der Waals surface area (Å²) in [6.07, 6.45) is 4.99. The Balaban J connectivity index is 1.54. The van der Waals surface area contributed by atoms with Crippen LogP contribution in [0.3, 0.4) is 0 Å². The average Bonchev–Trinajstić information content (AvgIpc) is 3.27. The summed E-state index contributed by atoms with van der Waals surface area (Å²) < 4.78 is 5.69. The predicted molar refractivity (Wildman–Crippen MR) is 82.2 cm³/mol. The normalized spacial score (nSPS) is 19.6. The lowest BCUT2D eigenvalue weighted by Gasteiger charge is -2.19. The van der Waals surface area contributed by atoms with Gasteiger partial charge in [-0.2, -0.15) is 0 Å². The Labute approximate surface area is 133 Å². The molecule has 1 aliphatic carbocycles. The van der Waals surface area contributed by atoms with E-state index in [0.717, 1.165) is 31.2 Å². The molecule has 0 radical (unpaired) electrons. The number of carbonyl (C=O) groups excluding carboxylic acids is 2. The zero-order valence-electron chi connectivity index (χ0n) is 12.6. The molecule has 2 heterocycles. The minimum Gasteiger partial charge on any atom is -0.439 e. The van der Waals surface area contributed by atoms with Crippen LogP contribution in [0.5, 0.6) is 0 Å². The van der Waals surface area contributed by atoms with Gasteiger partial charge in [-0.3, -0.25) is 9.69 Å². The molecule has 3 amide bonds. The van der Waals surface area contributed by atoms with Gasteiger partial charge >= 0.3 is 6.03 Å². The third kappa shape index (κ3) is 2.30. The Hall–Kier alpha value is -2.63. The van der Waals surface area contributed by atoms with Crippen LogP contribution in [0.2, 0.25) is 0 Å². The molecule has 1 aliphatic heterocycles. The fraction of sp³-hybridized carbons (Fsp3) is 0.353. The van der Waals surface area contributed by atoms with Gasteiger partial charge < -0.3 is 9.73 Å². The molecule has 1 spiro atoms. The highest BCUT2D eigenvalue weighted by Gasteiger charge is 2.52. The fourth-order valence-electron chi connectivity index (χ4n) is 3.39. The summed E-state index contributed by atoms with van der Waals surface area (Å²) in [5, 5.41) is 2.86. The maximum Gasteiger partial charge on any atom is 0.325 e. The third-order valence-corrected chi connectivity index (χ3v) is 4.61. The minimum absolute atomic E-state index is 0.0687. The van der Waals surface area contributed by atoms with E-state index in [9.17, 15) is 9.59 Å². The first-order valence-electron chi connectivity index (χ1n) is 7.82. The van der Waals surface area contributed by atoms with Crippen molar-refractivity contribution in [3.8, 4) is 11.3 Å². The van der Waals surface area contributed by atoms with Crippen molar-refractivity contribution >= 4 is 11.9 Å². The van der Waals surface area contributed by atoms with Gasteiger partial charge in [0.1, 0.15) is 12.1 Å². The van der Waals surface area contributed by atoms with Crippen molar-refractivity contribution in [2.45, 2.75) is 37.8 Å². The molecule has 0 atom stereocenters. The van der Waals surface area contributed by atoms with E-state index in [1.807, 2.05) is 30.3 Å². The van der Waals surface area contributed by atoms with Gasteiger partial charge in [-0.25, -0.2) is 9.78 Å². The smallest absolute Gasteiger partial charge is 0.325 e. The average molecular weight is 311 g/mol. The van der Waals surface area contributed by atoms with E-state index >= 15 is 0 Å². The minimum atomic E-state index is -0.689. The molecule has 1 saturated carbocycles. The van der Waals surface area contributed by atoms with Crippen LogP contribution in [0, 0.1) is 0 Å². The van der Waals surface area contributed by atoms with Crippen LogP contribution in [0.1, 0.15) is 31.6 Å². The van der Waals surface area contributed by atoms with E-state index in [2.05, 4.69) is 10.3 Å². The molecule has 23 heavy (non-hydrogen) atoms. The molecule has 118 valence electrons. The number of rotatable bonds is 3. The Kier molecular flexibility index (Phi) is 3.18. The van der Waals surface area contributed by atoms with E-state index in [1.54, 1.807) is 6.20 Å². The Morgan fingerprint density at radius 2 is 1.91 bits per heavy atom. The second kappa shape index (κ2) is 5.22. The van der Waals surface area contributed by atoms with Crippen LogP contribution in [0.4, 0.5) is 4.79 Å². The van der Waals surface area contributed by atoms with Gasteiger partial charge in [0, 0.05) is 5.56 Å². The first-order valence-corrected chi connectivity index (χ1v) is 7.82. The maximum absolute atomic E-state index is 12.6. The first-order chi connectivity index (χ1) is 11.2. The molecule has 0 bridgehead atoms. The van der Waals surface area contributed by atoms with Crippen molar-refractivity contribution in [2.75, 3.05) is 0 Å². The molecule has 6 nitrogen and oxygen atoms in total. The number of oxazole rings is 1. The van der Waals surface area contributed by atoms with E-state index in [4.69, 9.17) is 4.42 Å². The summed E-state index contributed by atoms with van der Waals surface area (Å²) in [5.74, 6) is 0.838. The SMILES string of the molecule is O=C1NC2(CCCC2)C(=O)N1Cc1ncc(-c2ccccc2)o1. The number of aromatic nitrogens is 1. The number of hydrogen-bond acceptors (Lipinski definition) is 4. The molecule has 1 aromatic carbocycles. The van der Waals surface area contributed by atoms with Crippen LogP contribution in [0.15, 0.2) is 40.9 Å². The van der Waals surface area contributed by atoms with Crippen molar-refractivity contribution in [3.05, 3.63) is 42.4 Å². The highest BCUT2D eigenvalue weighted by molar-refractivity contribution is 6.07. The van der Waals surface area contributed by atoms with Crippen molar-refractivity contribution in [3.63, 3.8) is 0 Å². The molecule has 2 fully saturated rings. The number of hydrogen-bond donors (Lipinski definition) is 1. The van der Waals surface area contributed by atoms with Gasteiger partial charge in [0.25, 0.3) is 5.91 Å². The van der Waals surface area contributed by atoms with Gasteiger partial charge in [0.2, 0.25) is 5.89 Å². The van der Waals surface area contributed by atoms with Gasteiger partial charge in [-0.15, -0.1) is 0 Å². The lowest BCUT2D eigenvalue weighted by atomic mass is 9.98. The van der Waals surface area contributed by atoms with Gasteiger partial charge in [-0.05, 0) is 12.8 Å². The molecular formula is C17H17N3O3. The van der Waals surface area contributed by atoms with Crippen LogP contribution in [-0.4, -0.2) is 27.4 Å². The Bertz CT molecular complexity index is 747. The zero-order valence-corrected chi connectivity index (χ0v) is 12.6. The van der Waals surface area contributed by atoms with Crippen LogP contribution in [-0.2, 0) is 11.3 Å². The quantitative estimate of drug-likeness (QED) is 0.884. The lowest BCUT2D eigenvalue weighted by Crippen LogP contribution is -2.44. The van der Waals surface area contributed by atoms with Crippen molar-refractivity contribution in [2.24, 2.45) is 0 Å². The number of urea groups is 1. The molecule has 1 aromatic heterocycles. The highest BCUT2D eigenvalue weighted by atomic mass is 16.4. The number of imide groups is 1. The van der Waals surface area contributed by atoms with Gasteiger partial charge in [0.05, 0.1) is 6.20 Å². The molecule has 2 aromatic rings. The highest BCUT2D eigenvalue weighted by Crippen LogP contribution is 2.35. The predicted octanol–water partition coefficient (Wildman–Crippen LogP) is 2.71. The van der Waals surface area contributed by atoms with Crippen molar-refractivity contribution in [1.29, 1.82) is 0 Å². The second-order valence-corrected chi connectivity index (χ2v) is 6.09. The fourth-order valence-corrected chi connectivity index (χ4v) is 3.39. The standard InChI is InChI=1S/C17H17N3O3/c21-15-17(8-4-5-9-17)19-16(22)20(15)11-14-18-10-13(23-14)12-6-2-1-3-7-12/h1-3,6-7,10H,4-5,8-9,11H2,(H,19,22). The molecule has 1 N–H and O–H groups in total. The van der Waals surface area contributed by atoms with E-state index in [0.29, 0.717) is 11.7 Å². The monoisotopic (exact) mass is 311 g/mol. The second-order valence-electron chi connectivity index (χ2n) is 6.09. The van der Waals surface area contributed by atoms with E-state index in [-0.39, 0.29) is 18.5 Å². The number of amides is 3. The molecule has 6 heteroatoms. The summed E-state index contributed by atoms with van der Waals surface area (Å²) in [7, 11) is 0. The molecular weight excluding hydrogens is 294 g/mol. The number of carbonyl (C=O) groups is 2. The summed E-state index contributed by atoms with van der Waals surface area (Å²) in [6.45, 7) is 0.0687. The first kappa shape index (κ1) is 14.0. The maximum atomic E-state index is 12.6. The molecule has 1 saturated heterocycles. The largest absolute Gasteiger partial charge is 0.439 e. The number of nitrogens with one attached hydrogen (secondary N) is 1. The summed E-state index contributed by atoms with van der Waals surface area (Å²) in [5.41, 5.74) is 0.224. The van der Waals surface area contributed by atoms with Gasteiger partial charge in [0.15, 0.2) is 5.76 Å². The third-order valence-electron chi connectivity index (χ3n) is 4.61. The molecule has 4 rings (SSSR count). The van der Waals surface area contributed by atoms with E-state index < -0.39 is 5.54 Å². The number of benzene rings is 1. The van der Waals surface area contributed by atoms with Crippen LogP contribution in [0.25, 0.3) is 11.3 Å². The van der Waals surface area contributed by atoms with Crippen LogP contribution >= 0.6 is 0 Å². The van der Waals surface area contributed by atoms with Crippen molar-refractivity contribution < 1.29 is 14.0 Å². The lowest BCUT2D eigenvalue weighted by molar-refractivity contribution is -0.131. The summed E-state index contributed by atoms with van der Waals surface area (Å²) in [6, 6.07) is 9.25. The number of nitrogens with zero attached hydrogens (tertiary/aromatic N) is 2. The Morgan fingerprint density at radius 3 is 2.65 bits per heavy atom. The van der Waals surface area contributed by atoms with Gasteiger partial charge in [-0.1, -0.05) is 43.2 Å². The topological polar surface area (TPSA) is 75.4 Å². The van der Waals surface area contributed by atoms with E-state index in [1.165, 1.54) is 4.90 Å². The molecule has 0 unspecified atom stereocenters. The molecule has 2 aliphatic rings. The zero-order chi connectivity index (χ0) is 15.9. The van der Waals surface area contributed by atoms with Crippen LogP contribution < -0.4 is 5.32 Å².